The molecular formula is C13H17F2N3. The molecule has 0 spiro atoms. The summed E-state index contributed by atoms with van der Waals surface area (Å²) in [5.41, 5.74) is 0. The molecule has 3 nitrogen and oxygen atoms in total. The van der Waals surface area contributed by atoms with Crippen molar-refractivity contribution in [3.63, 3.8) is 0 Å². The number of anilines is 2. The molecule has 3 rings (SSSR count). The van der Waals surface area contributed by atoms with E-state index in [0.29, 0.717) is 24.3 Å². The van der Waals surface area contributed by atoms with Gasteiger partial charge >= 0.3 is 0 Å². The topological polar surface area (TPSA) is 28.2 Å². The van der Waals surface area contributed by atoms with Crippen LogP contribution in [0.3, 0.4) is 0 Å². The van der Waals surface area contributed by atoms with E-state index in [1.807, 2.05) is 11.8 Å². The first-order chi connectivity index (χ1) is 8.69. The number of nitrogens with zero attached hydrogens (tertiary/aromatic N) is 2. The van der Waals surface area contributed by atoms with Gasteiger partial charge in [-0.15, -0.1) is 0 Å². The van der Waals surface area contributed by atoms with Crippen LogP contribution in [-0.4, -0.2) is 24.1 Å². The van der Waals surface area contributed by atoms with Gasteiger partial charge in [-0.05, 0) is 32.1 Å². The van der Waals surface area contributed by atoms with Crippen molar-refractivity contribution in [2.45, 2.75) is 32.2 Å². The molecule has 1 N–H and O–H groups in total. The van der Waals surface area contributed by atoms with Crippen LogP contribution in [0, 0.1) is 17.6 Å². The van der Waals surface area contributed by atoms with Crippen molar-refractivity contribution in [1.82, 2.24) is 4.98 Å². The number of hydrogen-bond acceptors (Lipinski definition) is 3. The minimum absolute atomic E-state index is 0.150. The average molecular weight is 253 g/mol. The van der Waals surface area contributed by atoms with E-state index in [-0.39, 0.29) is 5.82 Å². The SMILES string of the molecule is CCNc1nc(N2CC3CCC2C3)c(F)cc1F. The van der Waals surface area contributed by atoms with Crippen LogP contribution in [0.4, 0.5) is 20.4 Å². The largest absolute Gasteiger partial charge is 0.368 e. The number of piperidine rings is 1. The molecule has 1 saturated carbocycles. The fraction of sp³-hybridized carbons (Fsp3) is 0.615. The molecule has 1 aliphatic heterocycles. The Balaban J connectivity index is 1.93. The Labute approximate surface area is 105 Å². The van der Waals surface area contributed by atoms with Crippen LogP contribution >= 0.6 is 0 Å². The summed E-state index contributed by atoms with van der Waals surface area (Å²) in [4.78, 5) is 6.13. The number of hydrogen-bond donors (Lipinski definition) is 1. The molecule has 98 valence electrons. The van der Waals surface area contributed by atoms with Crippen LogP contribution in [0.15, 0.2) is 6.07 Å². The van der Waals surface area contributed by atoms with Crippen molar-refractivity contribution in [2.75, 3.05) is 23.3 Å². The first kappa shape index (κ1) is 11.7. The molecule has 5 heteroatoms. The first-order valence-corrected chi connectivity index (χ1v) is 6.55. The molecule has 2 aliphatic rings. The smallest absolute Gasteiger partial charge is 0.168 e. The lowest BCUT2D eigenvalue weighted by atomic mass is 10.1. The van der Waals surface area contributed by atoms with E-state index in [4.69, 9.17) is 0 Å². The van der Waals surface area contributed by atoms with Gasteiger partial charge in [0, 0.05) is 25.2 Å². The Hall–Kier alpha value is -1.39. The molecule has 2 fully saturated rings. The summed E-state index contributed by atoms with van der Waals surface area (Å²) in [5, 5.41) is 2.83. The van der Waals surface area contributed by atoms with Crippen molar-refractivity contribution in [1.29, 1.82) is 0 Å². The van der Waals surface area contributed by atoms with Gasteiger partial charge in [-0.25, -0.2) is 13.8 Å². The quantitative estimate of drug-likeness (QED) is 0.897. The van der Waals surface area contributed by atoms with E-state index in [2.05, 4.69) is 10.3 Å². The van der Waals surface area contributed by atoms with Gasteiger partial charge < -0.3 is 10.2 Å². The molecule has 1 aromatic heterocycles. The van der Waals surface area contributed by atoms with Crippen LogP contribution < -0.4 is 10.2 Å². The van der Waals surface area contributed by atoms with Crippen molar-refractivity contribution in [3.05, 3.63) is 17.7 Å². The molecule has 1 aromatic rings. The molecule has 0 amide bonds. The summed E-state index contributed by atoms with van der Waals surface area (Å²) in [6.07, 6.45) is 3.44. The molecule has 0 radical (unpaired) electrons. The maximum Gasteiger partial charge on any atom is 0.168 e. The van der Waals surface area contributed by atoms with E-state index in [9.17, 15) is 8.78 Å². The molecule has 0 aromatic carbocycles. The second-order valence-electron chi connectivity index (χ2n) is 5.14. The van der Waals surface area contributed by atoms with Gasteiger partial charge in [0.15, 0.2) is 23.3 Å². The van der Waals surface area contributed by atoms with E-state index in [1.165, 1.54) is 6.42 Å². The third-order valence-electron chi connectivity index (χ3n) is 3.94. The molecule has 1 saturated heterocycles. The standard InChI is InChI=1S/C13H17F2N3/c1-2-16-12-10(14)6-11(15)13(17-12)18-7-8-3-4-9(18)5-8/h6,8-9H,2-5,7H2,1H3,(H,16,17). The Morgan fingerprint density at radius 2 is 2.22 bits per heavy atom. The first-order valence-electron chi connectivity index (χ1n) is 6.55. The van der Waals surface area contributed by atoms with E-state index < -0.39 is 11.6 Å². The van der Waals surface area contributed by atoms with Crippen LogP contribution in [0.25, 0.3) is 0 Å². The Morgan fingerprint density at radius 1 is 1.39 bits per heavy atom. The van der Waals surface area contributed by atoms with Gasteiger partial charge in [0.2, 0.25) is 0 Å². The molecule has 2 unspecified atom stereocenters. The van der Waals surface area contributed by atoms with Gasteiger partial charge in [-0.2, -0.15) is 0 Å². The summed E-state index contributed by atoms with van der Waals surface area (Å²) >= 11 is 0. The third-order valence-corrected chi connectivity index (χ3v) is 3.94. The maximum absolute atomic E-state index is 13.9. The summed E-state index contributed by atoms with van der Waals surface area (Å²) < 4.78 is 27.4. The monoisotopic (exact) mass is 253 g/mol. The fourth-order valence-corrected chi connectivity index (χ4v) is 3.13. The molecular weight excluding hydrogens is 236 g/mol. The average Bonchev–Trinajstić information content (AvgIpc) is 2.94. The van der Waals surface area contributed by atoms with Crippen LogP contribution in [0.5, 0.6) is 0 Å². The summed E-state index contributed by atoms with van der Waals surface area (Å²) in [7, 11) is 0. The Kier molecular flexibility index (Phi) is 2.84. The zero-order valence-electron chi connectivity index (χ0n) is 10.4. The van der Waals surface area contributed by atoms with Crippen molar-refractivity contribution >= 4 is 11.6 Å². The predicted molar refractivity (Wildman–Crippen MR) is 66.8 cm³/mol. The lowest BCUT2D eigenvalue weighted by molar-refractivity contribution is 0.527. The third kappa shape index (κ3) is 1.82. The number of halogens is 2. The zero-order valence-corrected chi connectivity index (χ0v) is 10.4. The highest BCUT2D eigenvalue weighted by Crippen LogP contribution is 2.40. The lowest BCUT2D eigenvalue weighted by Gasteiger charge is -2.28. The number of fused-ring (bicyclic) bond motifs is 2. The molecule has 18 heavy (non-hydrogen) atoms. The molecule has 2 bridgehead atoms. The fourth-order valence-electron chi connectivity index (χ4n) is 3.13. The highest BCUT2D eigenvalue weighted by atomic mass is 19.1. The summed E-state index contributed by atoms with van der Waals surface area (Å²) in [6.45, 7) is 3.29. The summed E-state index contributed by atoms with van der Waals surface area (Å²) in [5.74, 6) is -0.0655. The summed E-state index contributed by atoms with van der Waals surface area (Å²) in [6, 6.07) is 1.32. The molecule has 2 heterocycles. The Morgan fingerprint density at radius 3 is 2.83 bits per heavy atom. The van der Waals surface area contributed by atoms with E-state index in [1.54, 1.807) is 0 Å². The van der Waals surface area contributed by atoms with Gasteiger partial charge in [-0.1, -0.05) is 0 Å². The van der Waals surface area contributed by atoms with Crippen molar-refractivity contribution in [3.8, 4) is 0 Å². The zero-order chi connectivity index (χ0) is 12.7. The van der Waals surface area contributed by atoms with Crippen LogP contribution in [-0.2, 0) is 0 Å². The second kappa shape index (κ2) is 4.37. The highest BCUT2D eigenvalue weighted by Gasteiger charge is 2.39. The molecule has 1 aliphatic carbocycles. The molecule has 2 atom stereocenters. The second-order valence-corrected chi connectivity index (χ2v) is 5.14. The van der Waals surface area contributed by atoms with Gasteiger partial charge in [0.25, 0.3) is 0 Å². The van der Waals surface area contributed by atoms with Crippen LogP contribution in [0.1, 0.15) is 26.2 Å². The van der Waals surface area contributed by atoms with Crippen molar-refractivity contribution < 1.29 is 8.78 Å². The minimum Gasteiger partial charge on any atom is -0.368 e. The number of aromatic nitrogens is 1. The van der Waals surface area contributed by atoms with Crippen LogP contribution in [0.2, 0.25) is 0 Å². The predicted octanol–water partition coefficient (Wildman–Crippen LogP) is 2.78. The Bertz CT molecular complexity index is 464. The van der Waals surface area contributed by atoms with E-state index in [0.717, 1.165) is 25.5 Å². The minimum atomic E-state index is -0.623. The number of pyridine rings is 1. The van der Waals surface area contributed by atoms with Gasteiger partial charge in [-0.3, -0.25) is 0 Å². The van der Waals surface area contributed by atoms with Crippen molar-refractivity contribution in [2.24, 2.45) is 5.92 Å². The normalized spacial score (nSPS) is 25.8. The van der Waals surface area contributed by atoms with Gasteiger partial charge in [0.05, 0.1) is 0 Å². The lowest BCUT2D eigenvalue weighted by Crippen LogP contribution is -2.33. The number of rotatable bonds is 3. The van der Waals surface area contributed by atoms with E-state index >= 15 is 0 Å². The maximum atomic E-state index is 13.9. The number of nitrogens with one attached hydrogen (secondary N) is 1. The highest BCUT2D eigenvalue weighted by molar-refractivity contribution is 5.51. The van der Waals surface area contributed by atoms with Gasteiger partial charge in [0.1, 0.15) is 0 Å².